The molecule has 0 amide bonds. The minimum atomic E-state index is 0.691. The highest BCUT2D eigenvalue weighted by Crippen LogP contribution is 2.09. The zero-order valence-electron chi connectivity index (χ0n) is 10.6. The lowest BCUT2D eigenvalue weighted by Crippen LogP contribution is -2.31. The van der Waals surface area contributed by atoms with Gasteiger partial charge >= 0.3 is 0 Å². The molecule has 0 aliphatic heterocycles. The number of nitrogens with zero attached hydrogens (tertiary/aromatic N) is 2. The molecule has 1 heterocycles. The van der Waals surface area contributed by atoms with Crippen LogP contribution in [0.25, 0.3) is 0 Å². The number of anilines is 1. The molecule has 0 aromatic carbocycles. The van der Waals surface area contributed by atoms with Gasteiger partial charge in [0, 0.05) is 40.1 Å². The number of aromatic nitrogens is 1. The highest BCUT2D eigenvalue weighted by molar-refractivity contribution is 5.41. The average molecular weight is 239 g/mol. The molecule has 0 aliphatic carbocycles. The second-order valence-electron chi connectivity index (χ2n) is 3.80. The lowest BCUT2D eigenvalue weighted by molar-refractivity contribution is 0.109. The molecule has 5 nitrogen and oxygen atoms in total. The monoisotopic (exact) mass is 239 g/mol. The Balaban J connectivity index is 2.55. The zero-order valence-corrected chi connectivity index (χ0v) is 10.6. The van der Waals surface area contributed by atoms with Crippen molar-refractivity contribution in [1.29, 1.82) is 0 Å². The third-order valence-corrected chi connectivity index (χ3v) is 2.52. The molecule has 0 saturated carbocycles. The van der Waals surface area contributed by atoms with Gasteiger partial charge < -0.3 is 15.2 Å². The van der Waals surface area contributed by atoms with Crippen LogP contribution in [-0.4, -0.2) is 50.4 Å². The van der Waals surface area contributed by atoms with Crippen LogP contribution < -0.4 is 5.73 Å². The summed E-state index contributed by atoms with van der Waals surface area (Å²) in [6, 6.07) is 3.71. The van der Waals surface area contributed by atoms with Crippen molar-refractivity contribution in [2.45, 2.75) is 6.54 Å². The highest BCUT2D eigenvalue weighted by atomic mass is 16.5. The Kier molecular flexibility index (Phi) is 6.54. The molecule has 0 bridgehead atoms. The number of nitrogens with two attached hydrogens (primary N) is 1. The van der Waals surface area contributed by atoms with Crippen molar-refractivity contribution in [2.75, 3.05) is 46.3 Å². The lowest BCUT2D eigenvalue weighted by Gasteiger charge is -2.21. The van der Waals surface area contributed by atoms with E-state index in [1.807, 2.05) is 12.1 Å². The molecular formula is C12H21N3O2. The Bertz CT molecular complexity index is 312. The fraction of sp³-hybridized carbons (Fsp3) is 0.583. The maximum absolute atomic E-state index is 5.87. The van der Waals surface area contributed by atoms with E-state index in [4.69, 9.17) is 15.2 Å². The summed E-state index contributed by atoms with van der Waals surface area (Å²) in [5.74, 6) is 0. The van der Waals surface area contributed by atoms with Crippen molar-refractivity contribution in [3.05, 3.63) is 24.0 Å². The van der Waals surface area contributed by atoms with Crippen LogP contribution in [0.3, 0.4) is 0 Å². The van der Waals surface area contributed by atoms with E-state index in [2.05, 4.69) is 9.88 Å². The molecular weight excluding hydrogens is 218 g/mol. The third-order valence-electron chi connectivity index (χ3n) is 2.52. The molecule has 0 unspecified atom stereocenters. The second kappa shape index (κ2) is 8.00. The van der Waals surface area contributed by atoms with Gasteiger partial charge in [-0.05, 0) is 12.1 Å². The van der Waals surface area contributed by atoms with Gasteiger partial charge in [0.2, 0.25) is 0 Å². The minimum Gasteiger partial charge on any atom is -0.397 e. The molecule has 0 aliphatic rings. The van der Waals surface area contributed by atoms with Gasteiger partial charge in [-0.3, -0.25) is 9.88 Å². The first-order valence-electron chi connectivity index (χ1n) is 5.67. The minimum absolute atomic E-state index is 0.691. The van der Waals surface area contributed by atoms with Gasteiger partial charge in [0.15, 0.2) is 0 Å². The third kappa shape index (κ3) is 5.12. The molecule has 0 spiro atoms. The molecule has 1 aromatic rings. The van der Waals surface area contributed by atoms with Gasteiger partial charge in [-0.15, -0.1) is 0 Å². The van der Waals surface area contributed by atoms with Gasteiger partial charge in [-0.2, -0.15) is 0 Å². The van der Waals surface area contributed by atoms with Crippen LogP contribution >= 0.6 is 0 Å². The fourth-order valence-electron chi connectivity index (χ4n) is 1.51. The number of hydrogen-bond acceptors (Lipinski definition) is 5. The maximum atomic E-state index is 5.87. The maximum Gasteiger partial charge on any atom is 0.0772 e. The number of methoxy groups -OCH3 is 2. The largest absolute Gasteiger partial charge is 0.397 e. The number of hydrogen-bond donors (Lipinski definition) is 1. The van der Waals surface area contributed by atoms with Crippen LogP contribution in [0.5, 0.6) is 0 Å². The predicted molar refractivity (Wildman–Crippen MR) is 67.7 cm³/mol. The second-order valence-corrected chi connectivity index (χ2v) is 3.80. The van der Waals surface area contributed by atoms with Gasteiger partial charge in [-0.25, -0.2) is 0 Å². The Morgan fingerprint density at radius 1 is 1.24 bits per heavy atom. The number of nitrogen functional groups attached to an aromatic ring is 1. The molecule has 17 heavy (non-hydrogen) atoms. The summed E-state index contributed by atoms with van der Waals surface area (Å²) < 4.78 is 10.2. The molecule has 0 saturated heterocycles. The van der Waals surface area contributed by atoms with Crippen molar-refractivity contribution in [2.24, 2.45) is 0 Å². The first kappa shape index (κ1) is 13.9. The standard InChI is InChI=1S/C12H21N3O2/c1-16-8-6-15(7-9-17-2)10-12-11(13)4-3-5-14-12/h3-5H,6-10,13H2,1-2H3. The van der Waals surface area contributed by atoms with E-state index in [1.165, 1.54) is 0 Å². The molecule has 0 radical (unpaired) electrons. The van der Waals surface area contributed by atoms with E-state index in [1.54, 1.807) is 20.4 Å². The Morgan fingerprint density at radius 2 is 1.88 bits per heavy atom. The molecule has 1 aromatic heterocycles. The normalized spacial score (nSPS) is 11.0. The van der Waals surface area contributed by atoms with E-state index >= 15 is 0 Å². The van der Waals surface area contributed by atoms with Gasteiger partial charge in [0.05, 0.1) is 24.6 Å². The van der Waals surface area contributed by atoms with Crippen molar-refractivity contribution in [1.82, 2.24) is 9.88 Å². The SMILES string of the molecule is COCCN(CCOC)Cc1ncccc1N. The average Bonchev–Trinajstić information content (AvgIpc) is 2.35. The van der Waals surface area contributed by atoms with E-state index in [9.17, 15) is 0 Å². The number of pyridine rings is 1. The van der Waals surface area contributed by atoms with Crippen LogP contribution in [0.1, 0.15) is 5.69 Å². The molecule has 96 valence electrons. The smallest absolute Gasteiger partial charge is 0.0772 e. The number of ether oxygens (including phenoxy) is 2. The summed E-state index contributed by atoms with van der Waals surface area (Å²) in [7, 11) is 3.40. The van der Waals surface area contributed by atoms with Crippen LogP contribution in [0, 0.1) is 0 Å². The van der Waals surface area contributed by atoms with Crippen LogP contribution in [-0.2, 0) is 16.0 Å². The number of rotatable bonds is 8. The van der Waals surface area contributed by atoms with E-state index in [0.717, 1.165) is 31.0 Å². The first-order valence-corrected chi connectivity index (χ1v) is 5.67. The molecule has 0 fully saturated rings. The predicted octanol–water partition coefficient (Wildman–Crippen LogP) is 0.759. The van der Waals surface area contributed by atoms with E-state index in [0.29, 0.717) is 13.2 Å². The van der Waals surface area contributed by atoms with Gasteiger partial charge in [0.1, 0.15) is 0 Å². The molecule has 5 heteroatoms. The highest BCUT2D eigenvalue weighted by Gasteiger charge is 2.08. The summed E-state index contributed by atoms with van der Waals surface area (Å²) in [5, 5.41) is 0. The van der Waals surface area contributed by atoms with Crippen molar-refractivity contribution < 1.29 is 9.47 Å². The van der Waals surface area contributed by atoms with Crippen LogP contribution in [0.4, 0.5) is 5.69 Å². The quantitative estimate of drug-likeness (QED) is 0.725. The lowest BCUT2D eigenvalue weighted by atomic mass is 10.3. The molecule has 2 N–H and O–H groups in total. The summed E-state index contributed by atoms with van der Waals surface area (Å²) in [6.07, 6.45) is 1.76. The summed E-state index contributed by atoms with van der Waals surface area (Å²) in [6.45, 7) is 3.79. The Morgan fingerprint density at radius 3 is 2.41 bits per heavy atom. The van der Waals surface area contributed by atoms with Gasteiger partial charge in [-0.1, -0.05) is 0 Å². The fourth-order valence-corrected chi connectivity index (χ4v) is 1.51. The summed E-state index contributed by atoms with van der Waals surface area (Å²) in [5.41, 5.74) is 7.51. The molecule has 0 atom stereocenters. The van der Waals surface area contributed by atoms with E-state index in [-0.39, 0.29) is 0 Å². The van der Waals surface area contributed by atoms with Crippen molar-refractivity contribution >= 4 is 5.69 Å². The van der Waals surface area contributed by atoms with Gasteiger partial charge in [0.25, 0.3) is 0 Å². The first-order chi connectivity index (χ1) is 8.27. The van der Waals surface area contributed by atoms with Crippen molar-refractivity contribution in [3.8, 4) is 0 Å². The molecule has 1 rings (SSSR count). The zero-order chi connectivity index (χ0) is 12.5. The topological polar surface area (TPSA) is 60.6 Å². The Labute approximate surface area is 103 Å². The van der Waals surface area contributed by atoms with Crippen LogP contribution in [0.15, 0.2) is 18.3 Å². The Hall–Kier alpha value is -1.17. The van der Waals surface area contributed by atoms with Crippen molar-refractivity contribution in [3.63, 3.8) is 0 Å². The van der Waals surface area contributed by atoms with E-state index < -0.39 is 0 Å². The van der Waals surface area contributed by atoms with Crippen LogP contribution in [0.2, 0.25) is 0 Å². The summed E-state index contributed by atoms with van der Waals surface area (Å²) >= 11 is 0. The summed E-state index contributed by atoms with van der Waals surface area (Å²) in [4.78, 5) is 6.50.